The van der Waals surface area contributed by atoms with Crippen LogP contribution in [0.4, 0.5) is 0 Å². The van der Waals surface area contributed by atoms with E-state index in [2.05, 4.69) is 10.3 Å². The van der Waals surface area contributed by atoms with Crippen LogP contribution in [0.1, 0.15) is 32.0 Å². The van der Waals surface area contributed by atoms with Gasteiger partial charge in [-0.15, -0.1) is 11.3 Å². The number of fused-ring (bicyclic) bond motifs is 1. The topological polar surface area (TPSA) is 88.3 Å². The van der Waals surface area contributed by atoms with Crippen LogP contribution >= 0.6 is 11.3 Å². The minimum absolute atomic E-state index is 0.0817. The van der Waals surface area contributed by atoms with Gasteiger partial charge in [0.15, 0.2) is 6.61 Å². The average Bonchev–Trinajstić information content (AvgIpc) is 3.25. The first-order valence-electron chi connectivity index (χ1n) is 8.14. The number of hydrogen-bond acceptors (Lipinski definition) is 5. The average molecular weight is 370 g/mol. The number of amides is 1. The Kier molecular flexibility index (Phi) is 5.48. The molecule has 0 atom stereocenters. The van der Waals surface area contributed by atoms with Crippen LogP contribution < -0.4 is 5.32 Å². The molecule has 0 unspecified atom stereocenters. The summed E-state index contributed by atoms with van der Waals surface area (Å²) < 4.78 is 5.13. The molecule has 3 aromatic rings. The smallest absolute Gasteiger partial charge is 0.355 e. The van der Waals surface area contributed by atoms with Crippen LogP contribution in [0, 0.1) is 0 Å². The summed E-state index contributed by atoms with van der Waals surface area (Å²) in [5.74, 6) is -0.885. The molecular formula is C19H18N2O4S. The predicted molar refractivity (Wildman–Crippen MR) is 99.6 cm³/mol. The number of ether oxygens (including phenoxy) is 1. The SMILES string of the molecule is CC(=O)NCCc1ccc(C(=O)COC(=O)c2cc3ccccc3[nH]2)s1. The van der Waals surface area contributed by atoms with Crippen LogP contribution in [0.25, 0.3) is 10.9 Å². The normalized spacial score (nSPS) is 10.7. The highest BCUT2D eigenvalue weighted by atomic mass is 32.1. The number of ketones is 1. The van der Waals surface area contributed by atoms with Gasteiger partial charge in [-0.05, 0) is 30.7 Å². The lowest BCUT2D eigenvalue weighted by Gasteiger charge is -2.01. The van der Waals surface area contributed by atoms with Gasteiger partial charge < -0.3 is 15.0 Å². The van der Waals surface area contributed by atoms with E-state index >= 15 is 0 Å². The molecule has 0 radical (unpaired) electrons. The summed E-state index contributed by atoms with van der Waals surface area (Å²) in [6.07, 6.45) is 0.659. The van der Waals surface area contributed by atoms with Gasteiger partial charge in [0.25, 0.3) is 0 Å². The number of hydrogen-bond donors (Lipinski definition) is 2. The van der Waals surface area contributed by atoms with Gasteiger partial charge in [0.05, 0.1) is 4.88 Å². The largest absolute Gasteiger partial charge is 0.453 e. The van der Waals surface area contributed by atoms with Gasteiger partial charge in [0, 0.05) is 29.2 Å². The van der Waals surface area contributed by atoms with E-state index in [-0.39, 0.29) is 18.3 Å². The molecule has 0 aliphatic carbocycles. The Morgan fingerprint density at radius 2 is 1.96 bits per heavy atom. The summed E-state index contributed by atoms with van der Waals surface area (Å²) in [5.41, 5.74) is 1.16. The molecule has 2 aromatic heterocycles. The molecule has 26 heavy (non-hydrogen) atoms. The number of esters is 1. The third-order valence-corrected chi connectivity index (χ3v) is 4.95. The van der Waals surface area contributed by atoms with Gasteiger partial charge in [-0.1, -0.05) is 18.2 Å². The molecule has 1 amide bonds. The fourth-order valence-electron chi connectivity index (χ4n) is 2.49. The molecule has 2 heterocycles. The first-order valence-corrected chi connectivity index (χ1v) is 8.96. The zero-order valence-electron chi connectivity index (χ0n) is 14.2. The Hall–Kier alpha value is -2.93. The van der Waals surface area contributed by atoms with Gasteiger partial charge in [0.1, 0.15) is 5.69 Å². The van der Waals surface area contributed by atoms with Crippen LogP contribution in [0.15, 0.2) is 42.5 Å². The Morgan fingerprint density at radius 3 is 2.73 bits per heavy atom. The summed E-state index contributed by atoms with van der Waals surface area (Å²) in [5, 5.41) is 3.62. The number of aromatic amines is 1. The number of para-hydroxylation sites is 1. The van der Waals surface area contributed by atoms with Gasteiger partial charge in [-0.2, -0.15) is 0 Å². The number of aromatic nitrogens is 1. The number of rotatable bonds is 7. The van der Waals surface area contributed by atoms with Crippen molar-refractivity contribution < 1.29 is 19.1 Å². The van der Waals surface area contributed by atoms with E-state index in [1.165, 1.54) is 18.3 Å². The molecule has 7 heteroatoms. The minimum Gasteiger partial charge on any atom is -0.453 e. The first kappa shape index (κ1) is 17.9. The lowest BCUT2D eigenvalue weighted by Crippen LogP contribution is -2.22. The summed E-state index contributed by atoms with van der Waals surface area (Å²) in [6.45, 7) is 1.68. The molecule has 0 spiro atoms. The second-order valence-corrected chi connectivity index (χ2v) is 6.94. The summed E-state index contributed by atoms with van der Waals surface area (Å²) in [7, 11) is 0. The van der Waals surface area contributed by atoms with E-state index in [0.717, 1.165) is 15.8 Å². The van der Waals surface area contributed by atoms with Crippen LogP contribution in [0.2, 0.25) is 0 Å². The molecule has 6 nitrogen and oxygen atoms in total. The molecule has 2 N–H and O–H groups in total. The number of H-pyrrole nitrogens is 1. The summed E-state index contributed by atoms with van der Waals surface area (Å²) in [6, 6.07) is 12.8. The Balaban J connectivity index is 1.54. The fourth-order valence-corrected chi connectivity index (χ4v) is 3.42. The van der Waals surface area contributed by atoms with Crippen molar-refractivity contribution in [2.45, 2.75) is 13.3 Å². The summed E-state index contributed by atoms with van der Waals surface area (Å²) >= 11 is 1.34. The zero-order valence-corrected chi connectivity index (χ0v) is 15.0. The zero-order chi connectivity index (χ0) is 18.5. The van der Waals surface area contributed by atoms with Crippen molar-refractivity contribution in [3.63, 3.8) is 0 Å². The second-order valence-electron chi connectivity index (χ2n) is 5.77. The van der Waals surface area contributed by atoms with Crippen LogP contribution in [-0.4, -0.2) is 35.8 Å². The highest BCUT2D eigenvalue weighted by molar-refractivity contribution is 7.14. The van der Waals surface area contributed by atoms with Crippen LogP contribution in [0.5, 0.6) is 0 Å². The molecule has 1 aromatic carbocycles. The van der Waals surface area contributed by atoms with Crippen molar-refractivity contribution in [2.75, 3.05) is 13.2 Å². The molecule has 0 saturated carbocycles. The molecule has 0 bridgehead atoms. The maximum Gasteiger partial charge on any atom is 0.355 e. The van der Waals surface area contributed by atoms with Gasteiger partial charge >= 0.3 is 5.97 Å². The maximum absolute atomic E-state index is 12.2. The maximum atomic E-state index is 12.2. The molecule has 3 rings (SSSR count). The van der Waals surface area contributed by atoms with Gasteiger partial charge in [-0.3, -0.25) is 9.59 Å². The lowest BCUT2D eigenvalue weighted by molar-refractivity contribution is -0.118. The van der Waals surface area contributed by atoms with Crippen molar-refractivity contribution in [3.8, 4) is 0 Å². The number of carbonyl (C=O) groups excluding carboxylic acids is 3. The predicted octanol–water partition coefficient (Wildman–Crippen LogP) is 2.95. The van der Waals surface area contributed by atoms with E-state index in [4.69, 9.17) is 4.74 Å². The minimum atomic E-state index is -0.558. The monoisotopic (exact) mass is 370 g/mol. The number of thiophene rings is 1. The van der Waals surface area contributed by atoms with Crippen molar-refractivity contribution in [1.82, 2.24) is 10.3 Å². The molecule has 0 fully saturated rings. The number of Topliss-reactive ketones (excluding diaryl/α,β-unsaturated/α-hetero) is 1. The van der Waals surface area contributed by atoms with Crippen LogP contribution in [0.3, 0.4) is 0 Å². The number of carbonyl (C=O) groups is 3. The summed E-state index contributed by atoms with van der Waals surface area (Å²) in [4.78, 5) is 39.7. The van der Waals surface area contributed by atoms with E-state index in [1.807, 2.05) is 30.3 Å². The number of nitrogens with one attached hydrogen (secondary N) is 2. The Morgan fingerprint density at radius 1 is 1.15 bits per heavy atom. The molecule has 0 aliphatic heterocycles. The lowest BCUT2D eigenvalue weighted by atomic mass is 10.2. The standard InChI is InChI=1S/C19H18N2O4S/c1-12(22)20-9-8-14-6-7-18(26-14)17(23)11-25-19(24)16-10-13-4-2-3-5-15(13)21-16/h2-7,10,21H,8-9,11H2,1H3,(H,20,22). The highest BCUT2D eigenvalue weighted by Gasteiger charge is 2.15. The molecule has 134 valence electrons. The van der Waals surface area contributed by atoms with E-state index < -0.39 is 5.97 Å². The van der Waals surface area contributed by atoms with Gasteiger partial charge in [0.2, 0.25) is 11.7 Å². The van der Waals surface area contributed by atoms with E-state index in [0.29, 0.717) is 23.5 Å². The van der Waals surface area contributed by atoms with Gasteiger partial charge in [-0.25, -0.2) is 4.79 Å². The quantitative estimate of drug-likeness (QED) is 0.494. The number of benzene rings is 1. The van der Waals surface area contributed by atoms with Crippen molar-refractivity contribution in [3.05, 3.63) is 57.9 Å². The fraction of sp³-hybridized carbons (Fsp3) is 0.211. The second kappa shape index (κ2) is 7.97. The Bertz CT molecular complexity index is 924. The van der Waals surface area contributed by atoms with Crippen molar-refractivity contribution in [1.29, 1.82) is 0 Å². The van der Waals surface area contributed by atoms with E-state index in [1.54, 1.807) is 12.1 Å². The molecule has 0 saturated heterocycles. The third-order valence-electron chi connectivity index (χ3n) is 3.77. The first-order chi connectivity index (χ1) is 12.5. The highest BCUT2D eigenvalue weighted by Crippen LogP contribution is 2.18. The van der Waals surface area contributed by atoms with E-state index in [9.17, 15) is 14.4 Å². The van der Waals surface area contributed by atoms with Crippen LogP contribution in [-0.2, 0) is 16.0 Å². The third kappa shape index (κ3) is 4.37. The molecule has 0 aliphatic rings. The van der Waals surface area contributed by atoms with Crippen molar-refractivity contribution >= 4 is 39.9 Å². The van der Waals surface area contributed by atoms with Crippen molar-refractivity contribution in [2.24, 2.45) is 0 Å². The molecular weight excluding hydrogens is 352 g/mol. The Labute approximate surface area is 154 Å².